The van der Waals surface area contributed by atoms with Crippen LogP contribution in [0.4, 0.5) is 0 Å². The highest BCUT2D eigenvalue weighted by Crippen LogP contribution is 2.30. The van der Waals surface area contributed by atoms with Gasteiger partial charge in [-0.15, -0.1) is 0 Å². The highest BCUT2D eigenvalue weighted by atomic mass is 16.0. The van der Waals surface area contributed by atoms with E-state index in [4.69, 9.17) is 5.73 Å². The van der Waals surface area contributed by atoms with E-state index in [0.29, 0.717) is 5.92 Å². The van der Waals surface area contributed by atoms with Crippen LogP contribution < -0.4 is 5.73 Å². The van der Waals surface area contributed by atoms with Gasteiger partial charge in [0, 0.05) is 5.54 Å². The molecule has 0 fully saturated rings. The molecule has 1 aromatic rings. The van der Waals surface area contributed by atoms with Crippen LogP contribution in [-0.4, -0.2) is 11.0 Å². The van der Waals surface area contributed by atoms with E-state index in [2.05, 4.69) is 51.1 Å². The molecule has 2 nitrogen and oxygen atoms in total. The van der Waals surface area contributed by atoms with Crippen molar-refractivity contribution >= 4 is 0 Å². The van der Waals surface area contributed by atoms with E-state index < -0.39 is 0 Å². The second-order valence-corrected chi connectivity index (χ2v) is 7.59. The van der Waals surface area contributed by atoms with Crippen LogP contribution >= 0.6 is 0 Å². The van der Waals surface area contributed by atoms with Crippen molar-refractivity contribution in [1.82, 2.24) is 0 Å². The van der Waals surface area contributed by atoms with Crippen molar-refractivity contribution in [2.24, 2.45) is 11.7 Å². The van der Waals surface area contributed by atoms with Crippen LogP contribution in [0.3, 0.4) is 0 Å². The summed E-state index contributed by atoms with van der Waals surface area (Å²) in [5.41, 5.74) is 8.22. The second-order valence-electron chi connectivity index (χ2n) is 7.59. The van der Waals surface area contributed by atoms with E-state index in [1.54, 1.807) is 0 Å². The van der Waals surface area contributed by atoms with Crippen molar-refractivity contribution in [2.75, 3.05) is 0 Å². The molecule has 1 unspecified atom stereocenters. The fraction of sp³-hybridized carbons (Fsp3) is 0.739. The molecule has 25 heavy (non-hydrogen) atoms. The van der Waals surface area contributed by atoms with Crippen LogP contribution in [0.5, 0.6) is 0 Å². The van der Waals surface area contributed by atoms with Crippen LogP contribution in [0.1, 0.15) is 97.0 Å². The Balaban J connectivity index is 0.00000576. The van der Waals surface area contributed by atoms with Crippen LogP contribution in [0.15, 0.2) is 30.3 Å². The quantitative estimate of drug-likeness (QED) is 0.407. The molecular formula is C23H43NO. The average molecular weight is 350 g/mol. The van der Waals surface area contributed by atoms with Crippen molar-refractivity contribution in [2.45, 2.75) is 103 Å². The number of hydrogen-bond acceptors (Lipinski definition) is 1. The third-order valence-corrected chi connectivity index (χ3v) is 5.86. The second kappa shape index (κ2) is 14.3. The van der Waals surface area contributed by atoms with Gasteiger partial charge in [0.1, 0.15) is 0 Å². The molecule has 0 aliphatic rings. The summed E-state index contributed by atoms with van der Waals surface area (Å²) in [6, 6.07) is 10.9. The van der Waals surface area contributed by atoms with E-state index >= 15 is 0 Å². The summed E-state index contributed by atoms with van der Waals surface area (Å²) in [7, 11) is 0. The number of hydrogen-bond donors (Lipinski definition) is 1. The molecular weight excluding hydrogens is 306 g/mol. The van der Waals surface area contributed by atoms with Gasteiger partial charge in [0.15, 0.2) is 0 Å². The Morgan fingerprint density at radius 2 is 1.32 bits per heavy atom. The lowest BCUT2D eigenvalue weighted by Crippen LogP contribution is -2.47. The standard InChI is InChI=1S/C23H41N.H2O/c1-4-7-8-9-10-11-12-16-19-22(23(24,5-2)6-3)20-21-17-14-13-15-18-21;/h13-15,17-18,22H,4-12,16,19-20,24H2,1-3H3;1H2. The first-order valence-electron chi connectivity index (χ1n) is 10.5. The van der Waals surface area contributed by atoms with Gasteiger partial charge in [-0.2, -0.15) is 0 Å². The minimum atomic E-state index is -0.00301. The van der Waals surface area contributed by atoms with Gasteiger partial charge in [-0.25, -0.2) is 0 Å². The van der Waals surface area contributed by atoms with E-state index in [0.717, 1.165) is 19.3 Å². The molecule has 1 aromatic carbocycles. The van der Waals surface area contributed by atoms with Gasteiger partial charge in [0.2, 0.25) is 0 Å². The topological polar surface area (TPSA) is 57.5 Å². The monoisotopic (exact) mass is 349 g/mol. The molecule has 0 aliphatic heterocycles. The third-order valence-electron chi connectivity index (χ3n) is 5.86. The third kappa shape index (κ3) is 9.42. The maximum Gasteiger partial charge on any atom is 0.0180 e. The van der Waals surface area contributed by atoms with Gasteiger partial charge >= 0.3 is 0 Å². The van der Waals surface area contributed by atoms with Gasteiger partial charge in [0.05, 0.1) is 0 Å². The SMILES string of the molecule is CCCCCCCCCCC(Cc1ccccc1)C(N)(CC)CC.O. The van der Waals surface area contributed by atoms with Crippen LogP contribution in [0.2, 0.25) is 0 Å². The molecule has 0 aliphatic carbocycles. The van der Waals surface area contributed by atoms with Crippen LogP contribution in [-0.2, 0) is 6.42 Å². The van der Waals surface area contributed by atoms with Gasteiger partial charge in [-0.1, -0.05) is 102 Å². The average Bonchev–Trinajstić information content (AvgIpc) is 2.63. The number of rotatable bonds is 14. The predicted octanol–water partition coefficient (Wildman–Crippen LogP) is 6.07. The lowest BCUT2D eigenvalue weighted by molar-refractivity contribution is 0.229. The zero-order chi connectivity index (χ0) is 17.7. The number of benzene rings is 1. The van der Waals surface area contributed by atoms with Gasteiger partial charge in [-0.3, -0.25) is 0 Å². The highest BCUT2D eigenvalue weighted by Gasteiger charge is 2.30. The van der Waals surface area contributed by atoms with Gasteiger partial charge < -0.3 is 11.2 Å². The first-order valence-corrected chi connectivity index (χ1v) is 10.5. The maximum absolute atomic E-state index is 6.78. The number of unbranched alkanes of at least 4 members (excludes halogenated alkanes) is 7. The summed E-state index contributed by atoms with van der Waals surface area (Å²) in [6.07, 6.45) is 15.7. The maximum atomic E-state index is 6.78. The van der Waals surface area contributed by atoms with Crippen molar-refractivity contribution in [3.8, 4) is 0 Å². The normalized spacial score (nSPS) is 12.6. The fourth-order valence-electron chi connectivity index (χ4n) is 3.84. The zero-order valence-corrected chi connectivity index (χ0v) is 17.0. The van der Waals surface area contributed by atoms with Crippen molar-refractivity contribution in [1.29, 1.82) is 0 Å². The molecule has 4 N–H and O–H groups in total. The minimum Gasteiger partial charge on any atom is -0.412 e. The Hall–Kier alpha value is -0.860. The molecule has 0 saturated heterocycles. The minimum absolute atomic E-state index is 0. The summed E-state index contributed by atoms with van der Waals surface area (Å²) in [4.78, 5) is 0. The Labute approximate surface area is 156 Å². The smallest absolute Gasteiger partial charge is 0.0180 e. The molecule has 0 saturated carbocycles. The first kappa shape index (κ1) is 24.1. The predicted molar refractivity (Wildman–Crippen MR) is 112 cm³/mol. The van der Waals surface area contributed by atoms with Gasteiger partial charge in [-0.05, 0) is 37.2 Å². The first-order chi connectivity index (χ1) is 11.7. The van der Waals surface area contributed by atoms with Crippen molar-refractivity contribution in [3.63, 3.8) is 0 Å². The van der Waals surface area contributed by atoms with E-state index in [9.17, 15) is 0 Å². The molecule has 0 radical (unpaired) electrons. The molecule has 146 valence electrons. The van der Waals surface area contributed by atoms with Crippen molar-refractivity contribution < 1.29 is 5.48 Å². The molecule has 1 rings (SSSR count). The Bertz CT molecular complexity index is 400. The lowest BCUT2D eigenvalue weighted by atomic mass is 9.74. The molecule has 0 heterocycles. The number of nitrogens with two attached hydrogens (primary N) is 1. The molecule has 0 spiro atoms. The van der Waals surface area contributed by atoms with Crippen molar-refractivity contribution in [3.05, 3.63) is 35.9 Å². The summed E-state index contributed by atoms with van der Waals surface area (Å²) < 4.78 is 0. The summed E-state index contributed by atoms with van der Waals surface area (Å²) in [5, 5.41) is 0. The molecule has 2 heteroatoms. The largest absolute Gasteiger partial charge is 0.412 e. The Morgan fingerprint density at radius 3 is 1.84 bits per heavy atom. The molecule has 0 amide bonds. The zero-order valence-electron chi connectivity index (χ0n) is 17.0. The van der Waals surface area contributed by atoms with Crippen LogP contribution in [0.25, 0.3) is 0 Å². The molecule has 0 bridgehead atoms. The Kier molecular flexibility index (Phi) is 13.8. The summed E-state index contributed by atoms with van der Waals surface area (Å²) in [5.74, 6) is 0.606. The Morgan fingerprint density at radius 1 is 0.800 bits per heavy atom. The van der Waals surface area contributed by atoms with Crippen LogP contribution in [0, 0.1) is 5.92 Å². The van der Waals surface area contributed by atoms with E-state index in [-0.39, 0.29) is 11.0 Å². The summed E-state index contributed by atoms with van der Waals surface area (Å²) in [6.45, 7) is 6.80. The van der Waals surface area contributed by atoms with E-state index in [1.165, 1.54) is 63.4 Å². The fourth-order valence-corrected chi connectivity index (χ4v) is 3.84. The van der Waals surface area contributed by atoms with E-state index in [1.807, 2.05) is 0 Å². The highest BCUT2D eigenvalue weighted by molar-refractivity contribution is 5.16. The summed E-state index contributed by atoms with van der Waals surface area (Å²) >= 11 is 0. The molecule has 0 aromatic heterocycles. The lowest BCUT2D eigenvalue weighted by Gasteiger charge is -2.36. The van der Waals surface area contributed by atoms with Gasteiger partial charge in [0.25, 0.3) is 0 Å². The molecule has 1 atom stereocenters.